The van der Waals surface area contributed by atoms with Crippen molar-refractivity contribution >= 4 is 28.5 Å². The van der Waals surface area contributed by atoms with Crippen LogP contribution < -0.4 is 15.7 Å². The van der Waals surface area contributed by atoms with Crippen LogP contribution in [0.4, 0.5) is 18.9 Å². The Balaban J connectivity index is 1.26. The van der Waals surface area contributed by atoms with E-state index >= 15 is 0 Å². The van der Waals surface area contributed by atoms with Crippen LogP contribution in [0.1, 0.15) is 39.0 Å². The summed E-state index contributed by atoms with van der Waals surface area (Å²) < 4.78 is 55.0. The lowest BCUT2D eigenvalue weighted by molar-refractivity contribution is -0.137. The maximum Gasteiger partial charge on any atom is 0.416 e. The van der Waals surface area contributed by atoms with Crippen molar-refractivity contribution in [2.75, 3.05) is 11.9 Å². The van der Waals surface area contributed by atoms with Crippen LogP contribution in [0.25, 0.3) is 11.0 Å². The molecule has 1 aliphatic carbocycles. The first-order valence-corrected chi connectivity index (χ1v) is 12.1. The summed E-state index contributed by atoms with van der Waals surface area (Å²) in [5.74, 6) is -1.41. The maximum atomic E-state index is 12.9. The predicted molar refractivity (Wildman–Crippen MR) is 136 cm³/mol. The maximum absolute atomic E-state index is 12.9. The number of esters is 1. The van der Waals surface area contributed by atoms with E-state index < -0.39 is 35.8 Å². The standard InChI is InChI=1S/C29H22F3NO6/c30-29(31,32)20-7-4-8-21(14-20)33-26(34)16-37-24-10-2-1-9-22(24)28(36)38-15-19-13-27(35)39-25-12-18-6-3-5-17(18)11-23(19)25/h1-2,4,7-14H,3,5-6,15-16H2,(H,33,34). The molecule has 0 fully saturated rings. The minimum Gasteiger partial charge on any atom is -0.483 e. The summed E-state index contributed by atoms with van der Waals surface area (Å²) in [5.41, 5.74) is 1.79. The zero-order valence-corrected chi connectivity index (χ0v) is 20.5. The molecule has 0 saturated carbocycles. The highest BCUT2D eigenvalue weighted by Gasteiger charge is 2.30. The van der Waals surface area contributed by atoms with Crippen molar-refractivity contribution in [3.05, 3.63) is 105 Å². The van der Waals surface area contributed by atoms with E-state index in [9.17, 15) is 27.6 Å². The van der Waals surface area contributed by atoms with Crippen molar-refractivity contribution in [2.45, 2.75) is 32.0 Å². The van der Waals surface area contributed by atoms with Gasteiger partial charge in [0.15, 0.2) is 6.61 Å². The molecule has 1 N–H and O–H groups in total. The third-order valence-electron chi connectivity index (χ3n) is 6.34. The van der Waals surface area contributed by atoms with Crippen LogP contribution in [0.3, 0.4) is 0 Å². The van der Waals surface area contributed by atoms with Crippen molar-refractivity contribution in [1.29, 1.82) is 0 Å². The number of hydrogen-bond donors (Lipinski definition) is 1. The van der Waals surface area contributed by atoms with Gasteiger partial charge < -0.3 is 19.2 Å². The second kappa shape index (κ2) is 10.6. The van der Waals surface area contributed by atoms with Crippen LogP contribution in [0.15, 0.2) is 75.9 Å². The minimum atomic E-state index is -4.55. The first-order chi connectivity index (χ1) is 18.7. The summed E-state index contributed by atoms with van der Waals surface area (Å²) in [6.45, 7) is -0.750. The molecule has 200 valence electrons. The molecule has 1 aliphatic rings. The van der Waals surface area contributed by atoms with E-state index in [-0.39, 0.29) is 23.6 Å². The summed E-state index contributed by atoms with van der Waals surface area (Å²) in [4.78, 5) is 37.3. The van der Waals surface area contributed by atoms with Gasteiger partial charge in [-0.3, -0.25) is 4.79 Å². The highest BCUT2D eigenvalue weighted by atomic mass is 19.4. The first-order valence-electron chi connectivity index (χ1n) is 12.1. The topological polar surface area (TPSA) is 94.8 Å². The number of ether oxygens (including phenoxy) is 2. The molecule has 39 heavy (non-hydrogen) atoms. The lowest BCUT2D eigenvalue weighted by Gasteiger charge is -2.13. The monoisotopic (exact) mass is 537 g/mol. The van der Waals surface area contributed by atoms with Gasteiger partial charge in [-0.15, -0.1) is 0 Å². The van der Waals surface area contributed by atoms with Crippen LogP contribution in [-0.4, -0.2) is 18.5 Å². The third-order valence-corrected chi connectivity index (χ3v) is 6.34. The SMILES string of the molecule is O=C(COc1ccccc1C(=O)OCc1cc(=O)oc2cc3c(cc12)CCC3)Nc1cccc(C(F)(F)F)c1. The minimum absolute atomic E-state index is 0.0394. The summed E-state index contributed by atoms with van der Waals surface area (Å²) >= 11 is 0. The number of amides is 1. The molecule has 0 atom stereocenters. The molecular weight excluding hydrogens is 515 g/mol. The summed E-state index contributed by atoms with van der Waals surface area (Å²) in [7, 11) is 0. The van der Waals surface area contributed by atoms with E-state index in [4.69, 9.17) is 13.9 Å². The smallest absolute Gasteiger partial charge is 0.416 e. The van der Waals surface area contributed by atoms with Gasteiger partial charge in [-0.2, -0.15) is 13.2 Å². The van der Waals surface area contributed by atoms with Gasteiger partial charge in [0, 0.05) is 22.7 Å². The van der Waals surface area contributed by atoms with Crippen molar-refractivity contribution in [3.63, 3.8) is 0 Å². The van der Waals surface area contributed by atoms with Gasteiger partial charge in [-0.25, -0.2) is 9.59 Å². The van der Waals surface area contributed by atoms with Gasteiger partial charge in [0.2, 0.25) is 0 Å². The van der Waals surface area contributed by atoms with Crippen molar-refractivity contribution in [2.24, 2.45) is 0 Å². The molecule has 10 heteroatoms. The normalized spacial score (nSPS) is 12.7. The quantitative estimate of drug-likeness (QED) is 0.241. The van der Waals surface area contributed by atoms with Gasteiger partial charge in [-0.05, 0) is 72.9 Å². The van der Waals surface area contributed by atoms with Crippen molar-refractivity contribution in [3.8, 4) is 5.75 Å². The van der Waals surface area contributed by atoms with Gasteiger partial charge in [0.1, 0.15) is 23.5 Å². The molecule has 0 unspecified atom stereocenters. The number of para-hydroxylation sites is 1. The van der Waals surface area contributed by atoms with E-state index in [1.165, 1.54) is 35.9 Å². The molecule has 0 radical (unpaired) electrons. The van der Waals surface area contributed by atoms with E-state index in [1.807, 2.05) is 12.1 Å². The van der Waals surface area contributed by atoms with Gasteiger partial charge in [0.05, 0.1) is 5.56 Å². The molecule has 7 nitrogen and oxygen atoms in total. The number of halogens is 3. The summed E-state index contributed by atoms with van der Waals surface area (Å²) in [6, 6.07) is 15.4. The summed E-state index contributed by atoms with van der Waals surface area (Å²) in [5, 5.41) is 3.03. The molecular formula is C29H22F3NO6. The number of carbonyl (C=O) groups excluding carboxylic acids is 2. The molecule has 1 heterocycles. The highest BCUT2D eigenvalue weighted by molar-refractivity contribution is 5.94. The molecule has 1 aromatic heterocycles. The van der Waals surface area contributed by atoms with Gasteiger partial charge in [0.25, 0.3) is 5.91 Å². The number of anilines is 1. The second-order valence-electron chi connectivity index (χ2n) is 9.05. The van der Waals surface area contributed by atoms with E-state index in [1.54, 1.807) is 12.1 Å². The predicted octanol–water partition coefficient (Wildman–Crippen LogP) is 5.68. The number of carbonyl (C=O) groups is 2. The molecule has 5 rings (SSSR count). The van der Waals surface area contributed by atoms with Crippen molar-refractivity contribution in [1.82, 2.24) is 0 Å². The number of nitrogens with one attached hydrogen (secondary N) is 1. The molecule has 4 aromatic rings. The molecule has 1 amide bonds. The van der Waals surface area contributed by atoms with Crippen molar-refractivity contribution < 1.29 is 36.7 Å². The second-order valence-corrected chi connectivity index (χ2v) is 9.05. The first kappa shape index (κ1) is 26.0. The van der Waals surface area contributed by atoms with Crippen LogP contribution in [0.5, 0.6) is 5.75 Å². The van der Waals surface area contributed by atoms with Gasteiger partial charge in [-0.1, -0.05) is 18.2 Å². The Morgan fingerprint density at radius 2 is 1.72 bits per heavy atom. The average Bonchev–Trinajstić information content (AvgIpc) is 3.36. The number of fused-ring (bicyclic) bond motifs is 2. The van der Waals surface area contributed by atoms with Crippen LogP contribution in [0.2, 0.25) is 0 Å². The number of benzene rings is 3. The highest BCUT2D eigenvalue weighted by Crippen LogP contribution is 2.31. The third kappa shape index (κ3) is 5.95. The van der Waals surface area contributed by atoms with Crippen LogP contribution >= 0.6 is 0 Å². The molecule has 3 aromatic carbocycles. The Hall–Kier alpha value is -4.60. The Morgan fingerprint density at radius 1 is 0.949 bits per heavy atom. The average molecular weight is 537 g/mol. The molecule has 0 aliphatic heterocycles. The van der Waals surface area contributed by atoms with E-state index in [2.05, 4.69) is 5.32 Å². The van der Waals surface area contributed by atoms with E-state index in [0.717, 1.165) is 37.0 Å². The van der Waals surface area contributed by atoms with Crippen LogP contribution in [-0.2, 0) is 35.2 Å². The lowest BCUT2D eigenvalue weighted by Crippen LogP contribution is -2.21. The fourth-order valence-electron chi connectivity index (χ4n) is 4.51. The Kier molecular flexibility index (Phi) is 7.10. The van der Waals surface area contributed by atoms with E-state index in [0.29, 0.717) is 16.5 Å². The van der Waals surface area contributed by atoms with Crippen LogP contribution in [0, 0.1) is 0 Å². The Bertz CT molecular complexity index is 1630. The molecule has 0 spiro atoms. The molecule has 0 bridgehead atoms. The number of hydrogen-bond acceptors (Lipinski definition) is 6. The number of aryl methyl sites for hydroxylation is 2. The fraction of sp³-hybridized carbons (Fsp3) is 0.207. The zero-order chi connectivity index (χ0) is 27.6. The molecule has 0 saturated heterocycles. The number of rotatable bonds is 7. The summed E-state index contributed by atoms with van der Waals surface area (Å²) in [6.07, 6.45) is -1.68. The lowest BCUT2D eigenvalue weighted by atomic mass is 10.0. The number of alkyl halides is 3. The Morgan fingerprint density at radius 3 is 2.51 bits per heavy atom. The van der Waals surface area contributed by atoms with Gasteiger partial charge >= 0.3 is 17.8 Å². The fourth-order valence-corrected chi connectivity index (χ4v) is 4.51. The zero-order valence-electron chi connectivity index (χ0n) is 20.5. The largest absolute Gasteiger partial charge is 0.483 e. The Labute approximate surface area is 220 Å².